The number of aryl methyl sites for hydroxylation is 1. The van der Waals surface area contributed by atoms with Crippen molar-refractivity contribution in [3.63, 3.8) is 0 Å². The first-order valence-corrected chi connectivity index (χ1v) is 5.29. The molecule has 1 aliphatic rings. The van der Waals surface area contributed by atoms with Crippen LogP contribution in [0.3, 0.4) is 0 Å². The van der Waals surface area contributed by atoms with Gasteiger partial charge in [0.15, 0.2) is 0 Å². The average molecular weight is 191 g/mol. The molecule has 14 heavy (non-hydrogen) atoms. The van der Waals surface area contributed by atoms with Crippen LogP contribution < -0.4 is 4.90 Å². The summed E-state index contributed by atoms with van der Waals surface area (Å²) >= 11 is 0. The normalized spacial score (nSPS) is 22.4. The smallest absolute Gasteiger partial charge is 0.126 e. The molecule has 0 radical (unpaired) electrons. The molecular weight excluding hydrogens is 174 g/mol. The standard InChI is InChI=1S/C12H17NO/c1-10-5-4-6-11(9-10)13-8-3-2-7-12(13)14/h4-6,9,12,14H,2-3,7-8H2,1H3/t12-/m1/s1. The molecule has 0 unspecified atom stereocenters. The summed E-state index contributed by atoms with van der Waals surface area (Å²) in [6.45, 7) is 3.06. The molecule has 2 nitrogen and oxygen atoms in total. The fourth-order valence-corrected chi connectivity index (χ4v) is 2.02. The van der Waals surface area contributed by atoms with Crippen molar-refractivity contribution in [2.24, 2.45) is 0 Å². The highest BCUT2D eigenvalue weighted by Gasteiger charge is 2.19. The molecule has 0 saturated carbocycles. The van der Waals surface area contributed by atoms with E-state index < -0.39 is 0 Å². The molecule has 0 spiro atoms. The van der Waals surface area contributed by atoms with Gasteiger partial charge in [-0.05, 0) is 43.9 Å². The van der Waals surface area contributed by atoms with Crippen LogP contribution >= 0.6 is 0 Å². The van der Waals surface area contributed by atoms with E-state index in [1.165, 1.54) is 12.0 Å². The molecule has 1 saturated heterocycles. The SMILES string of the molecule is Cc1cccc(N2CCCC[C@H]2O)c1. The lowest BCUT2D eigenvalue weighted by Crippen LogP contribution is -2.39. The van der Waals surface area contributed by atoms with Crippen LogP contribution in [0.25, 0.3) is 0 Å². The first-order valence-electron chi connectivity index (χ1n) is 5.29. The van der Waals surface area contributed by atoms with Crippen LogP contribution in [-0.2, 0) is 0 Å². The van der Waals surface area contributed by atoms with Crippen molar-refractivity contribution in [2.45, 2.75) is 32.4 Å². The number of aliphatic hydroxyl groups excluding tert-OH is 1. The third-order valence-corrected chi connectivity index (χ3v) is 2.80. The summed E-state index contributed by atoms with van der Waals surface area (Å²) in [7, 11) is 0. The van der Waals surface area contributed by atoms with Gasteiger partial charge in [0.1, 0.15) is 6.23 Å². The Morgan fingerprint density at radius 3 is 2.93 bits per heavy atom. The van der Waals surface area contributed by atoms with Gasteiger partial charge in [-0.2, -0.15) is 0 Å². The van der Waals surface area contributed by atoms with E-state index in [1.807, 2.05) is 6.07 Å². The molecule has 0 bridgehead atoms. The number of piperidine rings is 1. The summed E-state index contributed by atoms with van der Waals surface area (Å²) in [4.78, 5) is 2.09. The summed E-state index contributed by atoms with van der Waals surface area (Å²) in [5.74, 6) is 0. The zero-order valence-electron chi connectivity index (χ0n) is 8.61. The van der Waals surface area contributed by atoms with E-state index in [1.54, 1.807) is 0 Å². The maximum Gasteiger partial charge on any atom is 0.126 e. The second-order valence-corrected chi connectivity index (χ2v) is 4.01. The van der Waals surface area contributed by atoms with Crippen molar-refractivity contribution in [3.8, 4) is 0 Å². The molecule has 1 aromatic rings. The van der Waals surface area contributed by atoms with E-state index in [0.717, 1.165) is 25.1 Å². The highest BCUT2D eigenvalue weighted by Crippen LogP contribution is 2.23. The zero-order valence-corrected chi connectivity index (χ0v) is 8.61. The second-order valence-electron chi connectivity index (χ2n) is 4.01. The molecule has 0 aliphatic carbocycles. The molecule has 76 valence electrons. The van der Waals surface area contributed by atoms with Gasteiger partial charge in [0.25, 0.3) is 0 Å². The van der Waals surface area contributed by atoms with Gasteiger partial charge in [0, 0.05) is 12.2 Å². The number of aliphatic hydroxyl groups is 1. The monoisotopic (exact) mass is 191 g/mol. The summed E-state index contributed by atoms with van der Waals surface area (Å²) in [5, 5.41) is 9.84. The molecule has 2 heteroatoms. The van der Waals surface area contributed by atoms with Crippen molar-refractivity contribution >= 4 is 5.69 Å². The Morgan fingerprint density at radius 2 is 2.21 bits per heavy atom. The Kier molecular flexibility index (Phi) is 2.73. The van der Waals surface area contributed by atoms with Crippen LogP contribution in [0.2, 0.25) is 0 Å². The van der Waals surface area contributed by atoms with Crippen LogP contribution in [-0.4, -0.2) is 17.9 Å². The van der Waals surface area contributed by atoms with Crippen LogP contribution in [0.4, 0.5) is 5.69 Å². The molecule has 0 amide bonds. The number of anilines is 1. The molecular formula is C12H17NO. The number of hydrogen-bond acceptors (Lipinski definition) is 2. The maximum absolute atomic E-state index is 9.84. The minimum absolute atomic E-state index is 0.287. The number of benzene rings is 1. The van der Waals surface area contributed by atoms with Crippen LogP contribution in [0, 0.1) is 6.92 Å². The predicted molar refractivity (Wildman–Crippen MR) is 58.4 cm³/mol. The van der Waals surface area contributed by atoms with E-state index in [-0.39, 0.29) is 6.23 Å². The van der Waals surface area contributed by atoms with Gasteiger partial charge in [0.2, 0.25) is 0 Å². The van der Waals surface area contributed by atoms with Gasteiger partial charge >= 0.3 is 0 Å². The van der Waals surface area contributed by atoms with Crippen molar-refractivity contribution < 1.29 is 5.11 Å². The van der Waals surface area contributed by atoms with Gasteiger partial charge in [-0.15, -0.1) is 0 Å². The molecule has 1 N–H and O–H groups in total. The number of rotatable bonds is 1. The van der Waals surface area contributed by atoms with E-state index in [4.69, 9.17) is 0 Å². The topological polar surface area (TPSA) is 23.5 Å². The minimum Gasteiger partial charge on any atom is -0.374 e. The highest BCUT2D eigenvalue weighted by molar-refractivity contribution is 5.49. The third kappa shape index (κ3) is 1.90. The molecule has 1 aliphatic heterocycles. The van der Waals surface area contributed by atoms with Crippen molar-refractivity contribution in [1.82, 2.24) is 0 Å². The van der Waals surface area contributed by atoms with Crippen LogP contribution in [0.5, 0.6) is 0 Å². The van der Waals surface area contributed by atoms with E-state index in [9.17, 15) is 5.11 Å². The first kappa shape index (κ1) is 9.53. The van der Waals surface area contributed by atoms with Crippen molar-refractivity contribution in [1.29, 1.82) is 0 Å². The van der Waals surface area contributed by atoms with Crippen LogP contribution in [0.15, 0.2) is 24.3 Å². The number of nitrogens with zero attached hydrogens (tertiary/aromatic N) is 1. The molecule has 1 atom stereocenters. The Balaban J connectivity index is 2.20. The summed E-state index contributed by atoms with van der Waals surface area (Å²) < 4.78 is 0. The summed E-state index contributed by atoms with van der Waals surface area (Å²) in [5.41, 5.74) is 2.40. The molecule has 2 rings (SSSR count). The maximum atomic E-state index is 9.84. The molecule has 1 aromatic carbocycles. The van der Waals surface area contributed by atoms with E-state index in [2.05, 4.69) is 30.0 Å². The van der Waals surface area contributed by atoms with E-state index in [0.29, 0.717) is 0 Å². The van der Waals surface area contributed by atoms with Crippen LogP contribution in [0.1, 0.15) is 24.8 Å². The van der Waals surface area contributed by atoms with Gasteiger partial charge in [-0.3, -0.25) is 0 Å². The van der Waals surface area contributed by atoms with E-state index >= 15 is 0 Å². The predicted octanol–water partition coefficient (Wildman–Crippen LogP) is 2.30. The quantitative estimate of drug-likeness (QED) is 0.736. The third-order valence-electron chi connectivity index (χ3n) is 2.80. The highest BCUT2D eigenvalue weighted by atomic mass is 16.3. The molecule has 1 fully saturated rings. The lowest BCUT2D eigenvalue weighted by molar-refractivity contribution is 0.140. The molecule has 0 aromatic heterocycles. The summed E-state index contributed by atoms with van der Waals surface area (Å²) in [6.07, 6.45) is 2.94. The van der Waals surface area contributed by atoms with Crippen molar-refractivity contribution in [2.75, 3.05) is 11.4 Å². The zero-order chi connectivity index (χ0) is 9.97. The Hall–Kier alpha value is -1.02. The lowest BCUT2D eigenvalue weighted by Gasteiger charge is -2.34. The average Bonchev–Trinajstić information content (AvgIpc) is 2.18. The Bertz CT molecular complexity index is 311. The van der Waals surface area contributed by atoms with Gasteiger partial charge in [0.05, 0.1) is 0 Å². The minimum atomic E-state index is -0.287. The van der Waals surface area contributed by atoms with Crippen molar-refractivity contribution in [3.05, 3.63) is 29.8 Å². The van der Waals surface area contributed by atoms with Gasteiger partial charge in [-0.25, -0.2) is 0 Å². The second kappa shape index (κ2) is 4.01. The fraction of sp³-hybridized carbons (Fsp3) is 0.500. The first-order chi connectivity index (χ1) is 6.77. The summed E-state index contributed by atoms with van der Waals surface area (Å²) in [6, 6.07) is 8.34. The van der Waals surface area contributed by atoms with Gasteiger partial charge < -0.3 is 10.0 Å². The van der Waals surface area contributed by atoms with Gasteiger partial charge in [-0.1, -0.05) is 12.1 Å². The lowest BCUT2D eigenvalue weighted by atomic mass is 10.1. The Labute approximate surface area is 85.2 Å². The Morgan fingerprint density at radius 1 is 1.36 bits per heavy atom. The largest absolute Gasteiger partial charge is 0.374 e. The molecule has 1 heterocycles. The fourth-order valence-electron chi connectivity index (χ4n) is 2.02. The number of hydrogen-bond donors (Lipinski definition) is 1.